The molecule has 0 bridgehead atoms. The van der Waals surface area contributed by atoms with Crippen molar-refractivity contribution >= 4 is 46.0 Å². The zero-order valence-electron chi connectivity index (χ0n) is 19.1. The van der Waals surface area contributed by atoms with Gasteiger partial charge in [0.15, 0.2) is 0 Å². The number of benzene rings is 2. The quantitative estimate of drug-likeness (QED) is 0.243. The molecule has 1 fully saturated rings. The maximum Gasteiger partial charge on any atom is 0.356 e. The number of hydrogen-bond acceptors (Lipinski definition) is 7. The number of nitro groups is 1. The first kappa shape index (κ1) is 25.8. The Hall–Kier alpha value is -2.82. The van der Waals surface area contributed by atoms with Gasteiger partial charge in [-0.05, 0) is 45.0 Å². The van der Waals surface area contributed by atoms with Gasteiger partial charge in [-0.1, -0.05) is 17.7 Å². The first-order valence-electron chi connectivity index (χ1n) is 10.8. The van der Waals surface area contributed by atoms with Gasteiger partial charge in [-0.15, -0.1) is 0 Å². The highest BCUT2D eigenvalue weighted by Crippen LogP contribution is 2.30. The van der Waals surface area contributed by atoms with E-state index in [4.69, 9.17) is 16.3 Å². The van der Waals surface area contributed by atoms with Gasteiger partial charge in [0, 0.05) is 64.8 Å². The van der Waals surface area contributed by atoms with Crippen LogP contribution >= 0.6 is 11.6 Å². The zero-order valence-corrected chi connectivity index (χ0v) is 20.7. The van der Waals surface area contributed by atoms with E-state index in [1.807, 2.05) is 32.0 Å². The lowest BCUT2D eigenvalue weighted by Gasteiger charge is -2.46. The minimum absolute atomic E-state index is 0.0162. The Morgan fingerprint density at radius 3 is 2.44 bits per heavy atom. The van der Waals surface area contributed by atoms with Crippen molar-refractivity contribution in [2.24, 2.45) is 0 Å². The molecule has 3 unspecified atom stereocenters. The predicted molar refractivity (Wildman–Crippen MR) is 130 cm³/mol. The van der Waals surface area contributed by atoms with Crippen LogP contribution < -0.4 is 4.90 Å². The van der Waals surface area contributed by atoms with Crippen molar-refractivity contribution < 1.29 is 23.8 Å². The molecule has 0 N–H and O–H groups in total. The summed E-state index contributed by atoms with van der Waals surface area (Å²) in [6.07, 6.45) is 0. The number of hydrogen-bond donors (Lipinski definition) is 0. The molecular weight excluding hydrogens is 482 g/mol. The number of nitro benzene ring substituents is 1. The summed E-state index contributed by atoms with van der Waals surface area (Å²) in [4.78, 5) is 39.5. The van der Waals surface area contributed by atoms with E-state index < -0.39 is 33.5 Å². The largest absolute Gasteiger partial charge is 0.611 e. The van der Waals surface area contributed by atoms with Crippen molar-refractivity contribution in [2.45, 2.75) is 37.8 Å². The number of halogens is 1. The Bertz CT molecular complexity index is 1070. The van der Waals surface area contributed by atoms with Crippen LogP contribution in [0.4, 0.5) is 11.4 Å². The molecule has 2 aromatic rings. The summed E-state index contributed by atoms with van der Waals surface area (Å²) in [7, 11) is 0. The predicted octanol–water partition coefficient (Wildman–Crippen LogP) is 3.66. The fourth-order valence-corrected chi connectivity index (χ4v) is 5.41. The van der Waals surface area contributed by atoms with E-state index in [2.05, 4.69) is 4.90 Å². The summed E-state index contributed by atoms with van der Waals surface area (Å²) in [6.45, 7) is 6.56. The molecule has 1 aliphatic heterocycles. The third-order valence-electron chi connectivity index (χ3n) is 5.51. The Labute approximate surface area is 206 Å². The second-order valence-electron chi connectivity index (χ2n) is 8.03. The normalized spacial score (nSPS) is 19.0. The lowest BCUT2D eigenvalue weighted by Crippen LogP contribution is -2.58. The molecule has 34 heavy (non-hydrogen) atoms. The molecule has 9 nitrogen and oxygen atoms in total. The van der Waals surface area contributed by atoms with E-state index in [1.165, 1.54) is 12.1 Å². The SMILES string of the molecule is CCOC(=O)C[S+]([O-])c1ccc(C(=O)N2CC(C)N(c3cccc(Cl)c3)C(C)C2)cc1[N+](=O)[O-]. The molecular formula is C23H26ClN3O6S. The maximum absolute atomic E-state index is 13.2. The van der Waals surface area contributed by atoms with E-state index in [-0.39, 0.29) is 35.1 Å². The minimum atomic E-state index is -1.97. The van der Waals surface area contributed by atoms with Crippen LogP contribution in [-0.2, 0) is 20.7 Å². The number of rotatable bonds is 7. The average Bonchev–Trinajstić information content (AvgIpc) is 2.77. The molecule has 0 aromatic heterocycles. The molecule has 0 radical (unpaired) electrons. The summed E-state index contributed by atoms with van der Waals surface area (Å²) < 4.78 is 17.3. The van der Waals surface area contributed by atoms with Crippen LogP contribution in [-0.4, -0.2) is 63.8 Å². The third-order valence-corrected chi connectivity index (χ3v) is 7.08. The molecule has 0 aliphatic carbocycles. The molecule has 2 aromatic carbocycles. The molecule has 3 rings (SSSR count). The maximum atomic E-state index is 13.2. The number of amides is 1. The fraction of sp³-hybridized carbons (Fsp3) is 0.391. The van der Waals surface area contributed by atoms with Gasteiger partial charge in [-0.3, -0.25) is 14.9 Å². The lowest BCUT2D eigenvalue weighted by molar-refractivity contribution is -0.387. The lowest BCUT2D eigenvalue weighted by atomic mass is 10.0. The van der Waals surface area contributed by atoms with Crippen LogP contribution in [0.1, 0.15) is 31.1 Å². The van der Waals surface area contributed by atoms with Crippen molar-refractivity contribution in [1.82, 2.24) is 4.90 Å². The van der Waals surface area contributed by atoms with Gasteiger partial charge >= 0.3 is 11.7 Å². The van der Waals surface area contributed by atoms with E-state index in [0.29, 0.717) is 18.1 Å². The molecule has 3 atom stereocenters. The van der Waals surface area contributed by atoms with Gasteiger partial charge in [0.1, 0.15) is 0 Å². The third kappa shape index (κ3) is 5.81. The molecule has 11 heteroatoms. The van der Waals surface area contributed by atoms with E-state index >= 15 is 0 Å². The van der Waals surface area contributed by atoms with Gasteiger partial charge in [0.2, 0.25) is 10.6 Å². The van der Waals surface area contributed by atoms with E-state index in [9.17, 15) is 24.3 Å². The highest BCUT2D eigenvalue weighted by Gasteiger charge is 2.34. The summed E-state index contributed by atoms with van der Waals surface area (Å²) in [5.41, 5.74) is 0.620. The van der Waals surface area contributed by atoms with Crippen LogP contribution in [0.25, 0.3) is 0 Å². The van der Waals surface area contributed by atoms with Crippen molar-refractivity contribution in [1.29, 1.82) is 0 Å². The van der Waals surface area contributed by atoms with Gasteiger partial charge in [0.05, 0.1) is 11.5 Å². The monoisotopic (exact) mass is 507 g/mol. The molecule has 0 spiro atoms. The first-order valence-corrected chi connectivity index (χ1v) is 12.5. The summed E-state index contributed by atoms with van der Waals surface area (Å²) in [6, 6.07) is 11.3. The van der Waals surface area contributed by atoms with E-state index in [1.54, 1.807) is 17.9 Å². The highest BCUT2D eigenvalue weighted by atomic mass is 35.5. The van der Waals surface area contributed by atoms with E-state index in [0.717, 1.165) is 11.8 Å². The van der Waals surface area contributed by atoms with Gasteiger partial charge in [-0.25, -0.2) is 4.79 Å². The Morgan fingerprint density at radius 1 is 1.18 bits per heavy atom. The number of piperazine rings is 1. The number of carbonyl (C=O) groups is 2. The van der Waals surface area contributed by atoms with Crippen LogP contribution in [0.15, 0.2) is 47.4 Å². The molecule has 182 valence electrons. The van der Waals surface area contributed by atoms with Crippen molar-refractivity contribution in [3.63, 3.8) is 0 Å². The number of carbonyl (C=O) groups excluding carboxylic acids is 2. The highest BCUT2D eigenvalue weighted by molar-refractivity contribution is 7.92. The number of anilines is 1. The molecule has 1 saturated heterocycles. The van der Waals surface area contributed by atoms with Gasteiger partial charge in [-0.2, -0.15) is 0 Å². The van der Waals surface area contributed by atoms with Gasteiger partial charge in [0.25, 0.3) is 5.91 Å². The van der Waals surface area contributed by atoms with Crippen LogP contribution in [0, 0.1) is 10.1 Å². The van der Waals surface area contributed by atoms with Crippen molar-refractivity contribution in [3.05, 3.63) is 63.2 Å². The Kier molecular flexibility index (Phi) is 8.40. The molecule has 0 saturated carbocycles. The molecule has 1 aliphatic rings. The summed E-state index contributed by atoms with van der Waals surface area (Å²) in [5, 5.41) is 12.3. The smallest absolute Gasteiger partial charge is 0.356 e. The van der Waals surface area contributed by atoms with Crippen LogP contribution in [0.3, 0.4) is 0 Å². The topological polar surface area (TPSA) is 116 Å². The molecule has 1 heterocycles. The van der Waals surface area contributed by atoms with Crippen LogP contribution in [0.5, 0.6) is 0 Å². The summed E-state index contributed by atoms with van der Waals surface area (Å²) >= 11 is 4.17. The first-order chi connectivity index (χ1) is 16.1. The molecule has 1 amide bonds. The van der Waals surface area contributed by atoms with Crippen molar-refractivity contribution in [2.75, 3.05) is 30.3 Å². The zero-order chi connectivity index (χ0) is 25.0. The second kappa shape index (κ2) is 11.1. The number of nitrogens with zero attached hydrogens (tertiary/aromatic N) is 3. The number of esters is 1. The number of ether oxygens (including phenoxy) is 1. The minimum Gasteiger partial charge on any atom is -0.611 e. The standard InChI is InChI=1S/C23H26ClN3O6S/c1-4-33-22(28)14-34(32)21-9-8-17(10-20(21)27(30)31)23(29)25-12-15(2)26(16(3)13-25)19-7-5-6-18(24)11-19/h5-11,15-16H,4,12-14H2,1-3H3. The second-order valence-corrected chi connectivity index (χ2v) is 9.89. The average molecular weight is 508 g/mol. The fourth-order valence-electron chi connectivity index (χ4n) is 4.19. The van der Waals surface area contributed by atoms with Gasteiger partial charge < -0.3 is 19.1 Å². The summed E-state index contributed by atoms with van der Waals surface area (Å²) in [5.74, 6) is -1.56. The van der Waals surface area contributed by atoms with Crippen molar-refractivity contribution in [3.8, 4) is 0 Å². The Morgan fingerprint density at radius 2 is 1.85 bits per heavy atom. The van der Waals surface area contributed by atoms with Crippen LogP contribution in [0.2, 0.25) is 5.02 Å². The Balaban J connectivity index is 1.80.